The molecule has 2 heterocycles. The number of carbonyl (C=O) groups is 2. The highest BCUT2D eigenvalue weighted by molar-refractivity contribution is 6.45. The number of benzene rings is 2. The van der Waals surface area contributed by atoms with E-state index >= 15 is 0 Å². The second-order valence-corrected chi connectivity index (χ2v) is 8.79. The SMILES string of the molecule is CCOC(=O)c1cccc(C2(NC(=O)c3cc4c(Cl)c(Cl)ccc4n3C)CCCNC2)c1. The maximum absolute atomic E-state index is 13.5. The Morgan fingerprint density at radius 3 is 2.75 bits per heavy atom. The Morgan fingerprint density at radius 2 is 2.03 bits per heavy atom. The molecule has 1 unspecified atom stereocenters. The van der Waals surface area contributed by atoms with Gasteiger partial charge in [-0.1, -0.05) is 35.3 Å². The number of nitrogens with zero attached hydrogens (tertiary/aromatic N) is 1. The fraction of sp³-hybridized carbons (Fsp3) is 0.333. The Hall–Kier alpha value is -2.54. The minimum atomic E-state index is -0.657. The second kappa shape index (κ2) is 9.14. The van der Waals surface area contributed by atoms with Crippen molar-refractivity contribution in [2.24, 2.45) is 7.05 Å². The molecule has 0 saturated carbocycles. The van der Waals surface area contributed by atoms with Crippen molar-refractivity contribution in [1.29, 1.82) is 0 Å². The first-order chi connectivity index (χ1) is 15.4. The lowest BCUT2D eigenvalue weighted by Crippen LogP contribution is -2.55. The maximum atomic E-state index is 13.5. The van der Waals surface area contributed by atoms with Gasteiger partial charge in [-0.25, -0.2) is 4.79 Å². The molecule has 2 aromatic carbocycles. The number of rotatable bonds is 5. The van der Waals surface area contributed by atoms with Crippen molar-refractivity contribution in [3.05, 3.63) is 69.3 Å². The summed E-state index contributed by atoms with van der Waals surface area (Å²) in [5.74, 6) is -0.596. The predicted octanol–water partition coefficient (Wildman–Crippen LogP) is 4.67. The number of carbonyl (C=O) groups excluding carboxylic acids is 2. The van der Waals surface area contributed by atoms with Crippen molar-refractivity contribution >= 4 is 46.0 Å². The number of fused-ring (bicyclic) bond motifs is 1. The Balaban J connectivity index is 1.71. The monoisotopic (exact) mass is 473 g/mol. The van der Waals surface area contributed by atoms with Crippen LogP contribution in [-0.2, 0) is 17.3 Å². The molecular formula is C24H25Cl2N3O3. The minimum absolute atomic E-state index is 0.221. The van der Waals surface area contributed by atoms with Gasteiger partial charge in [0.15, 0.2) is 0 Å². The van der Waals surface area contributed by atoms with Gasteiger partial charge in [-0.15, -0.1) is 0 Å². The third-order valence-electron chi connectivity index (χ3n) is 6.01. The van der Waals surface area contributed by atoms with Gasteiger partial charge in [-0.2, -0.15) is 0 Å². The zero-order valence-corrected chi connectivity index (χ0v) is 19.5. The summed E-state index contributed by atoms with van der Waals surface area (Å²) in [7, 11) is 1.83. The van der Waals surface area contributed by atoms with Gasteiger partial charge in [-0.3, -0.25) is 4.79 Å². The van der Waals surface area contributed by atoms with E-state index in [0.29, 0.717) is 34.5 Å². The van der Waals surface area contributed by atoms with Crippen LogP contribution in [0.4, 0.5) is 0 Å². The van der Waals surface area contributed by atoms with Crippen LogP contribution in [0.3, 0.4) is 0 Å². The van der Waals surface area contributed by atoms with Gasteiger partial charge in [0.1, 0.15) is 5.69 Å². The molecule has 1 aliphatic rings. The molecule has 1 aliphatic heterocycles. The van der Waals surface area contributed by atoms with Gasteiger partial charge in [-0.05, 0) is 62.2 Å². The van der Waals surface area contributed by atoms with Crippen LogP contribution in [0, 0.1) is 0 Å². The Labute approximate surface area is 196 Å². The lowest BCUT2D eigenvalue weighted by molar-refractivity contribution is 0.0526. The Kier molecular flexibility index (Phi) is 6.47. The van der Waals surface area contributed by atoms with Gasteiger partial charge in [0.25, 0.3) is 5.91 Å². The van der Waals surface area contributed by atoms with E-state index in [1.165, 1.54) is 0 Å². The van der Waals surface area contributed by atoms with Gasteiger partial charge in [0, 0.05) is 24.5 Å². The summed E-state index contributed by atoms with van der Waals surface area (Å²) in [5, 5.41) is 8.23. The second-order valence-electron chi connectivity index (χ2n) is 8.00. The van der Waals surface area contributed by atoms with E-state index in [2.05, 4.69) is 10.6 Å². The van der Waals surface area contributed by atoms with Crippen LogP contribution in [-0.4, -0.2) is 36.1 Å². The predicted molar refractivity (Wildman–Crippen MR) is 127 cm³/mol. The number of piperidine rings is 1. The summed E-state index contributed by atoms with van der Waals surface area (Å²) in [4.78, 5) is 25.8. The van der Waals surface area contributed by atoms with Crippen LogP contribution < -0.4 is 10.6 Å². The number of hydrogen-bond acceptors (Lipinski definition) is 4. The van der Waals surface area contributed by atoms with Crippen molar-refractivity contribution in [1.82, 2.24) is 15.2 Å². The molecule has 1 amide bonds. The third-order valence-corrected chi connectivity index (χ3v) is 6.83. The number of aromatic nitrogens is 1. The fourth-order valence-corrected chi connectivity index (χ4v) is 4.72. The summed E-state index contributed by atoms with van der Waals surface area (Å²) >= 11 is 12.5. The van der Waals surface area contributed by atoms with Crippen molar-refractivity contribution < 1.29 is 14.3 Å². The Bertz CT molecular complexity index is 1180. The molecule has 1 aromatic heterocycles. The van der Waals surface area contributed by atoms with Crippen LogP contribution in [0.5, 0.6) is 0 Å². The summed E-state index contributed by atoms with van der Waals surface area (Å²) in [6, 6.07) is 12.6. The molecule has 2 N–H and O–H groups in total. The molecule has 8 heteroatoms. The third kappa shape index (κ3) is 4.10. The first-order valence-corrected chi connectivity index (χ1v) is 11.4. The van der Waals surface area contributed by atoms with Gasteiger partial charge in [0.05, 0.1) is 27.8 Å². The van der Waals surface area contributed by atoms with E-state index in [1.807, 2.05) is 35.9 Å². The van der Waals surface area contributed by atoms with Crippen molar-refractivity contribution in [2.45, 2.75) is 25.3 Å². The van der Waals surface area contributed by atoms with E-state index in [1.54, 1.807) is 25.1 Å². The molecule has 168 valence electrons. The molecule has 1 saturated heterocycles. The van der Waals surface area contributed by atoms with Crippen LogP contribution in [0.2, 0.25) is 10.0 Å². The average Bonchev–Trinajstić information content (AvgIpc) is 3.14. The lowest BCUT2D eigenvalue weighted by Gasteiger charge is -2.39. The zero-order chi connectivity index (χ0) is 22.9. The van der Waals surface area contributed by atoms with Crippen LogP contribution in [0.1, 0.15) is 46.2 Å². The molecular weight excluding hydrogens is 449 g/mol. The molecule has 6 nitrogen and oxygen atoms in total. The molecule has 0 aliphatic carbocycles. The molecule has 0 spiro atoms. The number of aryl methyl sites for hydroxylation is 1. The molecule has 32 heavy (non-hydrogen) atoms. The highest BCUT2D eigenvalue weighted by atomic mass is 35.5. The van der Waals surface area contributed by atoms with E-state index in [0.717, 1.165) is 35.9 Å². The van der Waals surface area contributed by atoms with E-state index in [4.69, 9.17) is 27.9 Å². The Morgan fingerprint density at radius 1 is 1.22 bits per heavy atom. The van der Waals surface area contributed by atoms with Gasteiger partial charge >= 0.3 is 5.97 Å². The number of hydrogen-bond donors (Lipinski definition) is 2. The zero-order valence-electron chi connectivity index (χ0n) is 18.0. The van der Waals surface area contributed by atoms with Crippen LogP contribution >= 0.6 is 23.2 Å². The van der Waals surface area contributed by atoms with E-state index in [9.17, 15) is 9.59 Å². The molecule has 4 rings (SSSR count). The number of ether oxygens (including phenoxy) is 1. The molecule has 0 bridgehead atoms. The number of halogens is 2. The van der Waals surface area contributed by atoms with Gasteiger partial charge in [0.2, 0.25) is 0 Å². The van der Waals surface area contributed by atoms with Crippen LogP contribution in [0.15, 0.2) is 42.5 Å². The summed E-state index contributed by atoms with van der Waals surface area (Å²) in [5.41, 5.74) is 1.98. The van der Waals surface area contributed by atoms with Crippen molar-refractivity contribution in [3.8, 4) is 0 Å². The standard InChI is InChI=1S/C24H25Cl2N3O3/c1-3-32-23(31)15-6-4-7-16(12-15)24(10-5-11-27-14-24)28-22(30)20-13-17-19(29(20)2)9-8-18(25)21(17)26/h4,6-9,12-13,27H,3,5,10-11,14H2,1-2H3,(H,28,30). The average molecular weight is 474 g/mol. The highest BCUT2D eigenvalue weighted by Gasteiger charge is 2.37. The first-order valence-electron chi connectivity index (χ1n) is 10.6. The smallest absolute Gasteiger partial charge is 0.338 e. The molecule has 1 fully saturated rings. The quantitative estimate of drug-likeness (QED) is 0.528. The number of nitrogens with one attached hydrogen (secondary N) is 2. The minimum Gasteiger partial charge on any atom is -0.462 e. The van der Waals surface area contributed by atoms with E-state index < -0.39 is 5.54 Å². The number of esters is 1. The largest absolute Gasteiger partial charge is 0.462 e. The normalized spacial score (nSPS) is 18.5. The highest BCUT2D eigenvalue weighted by Crippen LogP contribution is 2.34. The molecule has 3 aromatic rings. The summed E-state index contributed by atoms with van der Waals surface area (Å²) in [6.07, 6.45) is 1.63. The summed E-state index contributed by atoms with van der Waals surface area (Å²) < 4.78 is 6.97. The van der Waals surface area contributed by atoms with Crippen molar-refractivity contribution in [3.63, 3.8) is 0 Å². The molecule has 1 atom stereocenters. The maximum Gasteiger partial charge on any atom is 0.338 e. The first kappa shape index (κ1) is 22.6. The topological polar surface area (TPSA) is 72.4 Å². The summed E-state index contributed by atoms with van der Waals surface area (Å²) in [6.45, 7) is 3.51. The number of amides is 1. The lowest BCUT2D eigenvalue weighted by atomic mass is 9.82. The molecule has 0 radical (unpaired) electrons. The van der Waals surface area contributed by atoms with Crippen molar-refractivity contribution in [2.75, 3.05) is 19.7 Å². The van der Waals surface area contributed by atoms with E-state index in [-0.39, 0.29) is 11.9 Å². The van der Waals surface area contributed by atoms with Crippen LogP contribution in [0.25, 0.3) is 10.9 Å². The van der Waals surface area contributed by atoms with Gasteiger partial charge < -0.3 is 19.9 Å². The fourth-order valence-electron chi connectivity index (χ4n) is 4.34.